The number of hydrogen-bond acceptors (Lipinski definition) is 11. The Kier molecular flexibility index (Phi) is 13.4. The fraction of sp³-hybridized carbons (Fsp3) is 0.269. The molecule has 0 unspecified atom stereocenters. The number of pyridine rings is 2. The van der Waals surface area contributed by atoms with Crippen LogP contribution in [0.15, 0.2) is 133 Å². The van der Waals surface area contributed by atoms with E-state index >= 15 is 4.39 Å². The van der Waals surface area contributed by atoms with Gasteiger partial charge in [0.25, 0.3) is 11.8 Å². The van der Waals surface area contributed by atoms with E-state index in [2.05, 4.69) is 55.1 Å². The molecule has 0 aliphatic carbocycles. The molecular weight excluding hydrogens is 913 g/mol. The average molecular weight is 964 g/mol. The maximum atomic E-state index is 15.0. The maximum Gasteiger partial charge on any atom is 0.274 e. The number of nitrogens with one attached hydrogen (secondary N) is 2. The molecule has 13 nitrogen and oxygen atoms in total. The molecule has 0 radical (unpaired) electrons. The van der Waals surface area contributed by atoms with Crippen LogP contribution in [0.2, 0.25) is 0 Å². The van der Waals surface area contributed by atoms with Crippen LogP contribution in [0.5, 0.6) is 0 Å². The zero-order valence-electron chi connectivity index (χ0n) is 38.2. The number of rotatable bonds is 16. The van der Waals surface area contributed by atoms with Gasteiger partial charge >= 0.3 is 0 Å². The summed E-state index contributed by atoms with van der Waals surface area (Å²) in [5.41, 5.74) is 7.66. The molecule has 69 heavy (non-hydrogen) atoms. The number of hydrogen-bond donors (Lipinski definition) is 2. The Morgan fingerprint density at radius 1 is 0.768 bits per heavy atom. The average Bonchev–Trinajstić information content (AvgIpc) is 4.22. The molecule has 2 amide bonds. The van der Waals surface area contributed by atoms with E-state index < -0.39 is 11.6 Å². The lowest BCUT2D eigenvalue weighted by Crippen LogP contribution is -2.36. The van der Waals surface area contributed by atoms with E-state index in [4.69, 9.17) is 15.0 Å². The second kappa shape index (κ2) is 20.3. The molecule has 2 aliphatic heterocycles. The number of aromatic nitrogens is 6. The third kappa shape index (κ3) is 10.1. The lowest BCUT2D eigenvalue weighted by molar-refractivity contribution is 0.101. The zero-order valence-corrected chi connectivity index (χ0v) is 39.8. The number of likely N-dealkylation sites (N-methyl/N-ethyl adjacent to an activating group) is 1. The van der Waals surface area contributed by atoms with Gasteiger partial charge in [0, 0.05) is 91.3 Å². The minimum absolute atomic E-state index is 0.0217. The summed E-state index contributed by atoms with van der Waals surface area (Å²) in [6.07, 6.45) is 13.6. The van der Waals surface area contributed by atoms with Gasteiger partial charge in [0.05, 0.1) is 34.9 Å². The van der Waals surface area contributed by atoms with Gasteiger partial charge < -0.3 is 23.8 Å². The molecule has 2 aromatic carbocycles. The molecule has 6 aromatic heterocycles. The number of thiazole rings is 2. The number of halogens is 2. The smallest absolute Gasteiger partial charge is 0.274 e. The Balaban J connectivity index is 0.845. The fourth-order valence-corrected chi connectivity index (χ4v) is 11.2. The van der Waals surface area contributed by atoms with Gasteiger partial charge in [-0.1, -0.05) is 18.2 Å². The Labute approximate surface area is 407 Å². The molecule has 10 rings (SSSR count). The first-order valence-corrected chi connectivity index (χ1v) is 24.8. The molecule has 0 saturated carbocycles. The molecule has 0 spiro atoms. The van der Waals surface area contributed by atoms with Crippen LogP contribution in [-0.2, 0) is 19.5 Å². The van der Waals surface area contributed by atoms with E-state index in [0.717, 1.165) is 61.5 Å². The topological polar surface area (TPSA) is 129 Å². The molecule has 352 valence electrons. The van der Waals surface area contributed by atoms with Crippen molar-refractivity contribution in [3.05, 3.63) is 178 Å². The summed E-state index contributed by atoms with van der Waals surface area (Å²) in [7, 11) is 3.96. The van der Waals surface area contributed by atoms with E-state index in [9.17, 15) is 14.0 Å². The predicted molar refractivity (Wildman–Crippen MR) is 268 cm³/mol. The number of benzene rings is 2. The molecule has 2 saturated heterocycles. The number of para-hydroxylation sites is 1. The van der Waals surface area contributed by atoms with Crippen molar-refractivity contribution in [1.29, 1.82) is 0 Å². The Bertz CT molecular complexity index is 3060. The van der Waals surface area contributed by atoms with E-state index in [1.54, 1.807) is 24.7 Å². The van der Waals surface area contributed by atoms with Gasteiger partial charge in [0.15, 0.2) is 10.3 Å². The first kappa shape index (κ1) is 45.7. The molecule has 8 heterocycles. The lowest BCUT2D eigenvalue weighted by atomic mass is 10.1. The van der Waals surface area contributed by atoms with Crippen LogP contribution in [0.1, 0.15) is 81.3 Å². The van der Waals surface area contributed by atoms with Gasteiger partial charge in [0.2, 0.25) is 0 Å². The number of amides is 2. The number of anilines is 4. The van der Waals surface area contributed by atoms with E-state index in [-0.39, 0.29) is 29.9 Å². The summed E-state index contributed by atoms with van der Waals surface area (Å²) in [4.78, 5) is 53.1. The van der Waals surface area contributed by atoms with Gasteiger partial charge in [-0.2, -0.15) is 0 Å². The highest BCUT2D eigenvalue weighted by Gasteiger charge is 2.39. The minimum atomic E-state index is -0.629. The molecule has 2 fully saturated rings. The SMILES string of the molecule is CN(C)[C@@H]1CCN(c2ccc(F)cc2F)[C@H]1c1csc(NC(=O)c2cccn2Cc2ccnc(-c3cc(C(=O)Nc4nc([C@@H]5CCCN5c5ccccc5)cs4)n(CCCc4ccncc4)c3)c2)n1. The highest BCUT2D eigenvalue weighted by atomic mass is 32.1. The van der Waals surface area contributed by atoms with Gasteiger partial charge in [-0.05, 0) is 124 Å². The number of nitrogens with zero attached hydrogens (tertiary/aromatic N) is 9. The summed E-state index contributed by atoms with van der Waals surface area (Å²) in [5, 5.41) is 11.0. The van der Waals surface area contributed by atoms with Crippen molar-refractivity contribution in [3.8, 4) is 11.3 Å². The van der Waals surface area contributed by atoms with Crippen molar-refractivity contribution >= 4 is 56.1 Å². The Morgan fingerprint density at radius 3 is 2.30 bits per heavy atom. The van der Waals surface area contributed by atoms with Crippen molar-refractivity contribution in [2.75, 3.05) is 47.6 Å². The monoisotopic (exact) mass is 963 g/mol. The molecule has 2 aliphatic rings. The molecule has 17 heteroatoms. The van der Waals surface area contributed by atoms with Crippen LogP contribution in [0.4, 0.5) is 30.4 Å². The van der Waals surface area contributed by atoms with Crippen LogP contribution in [0.3, 0.4) is 0 Å². The van der Waals surface area contributed by atoms with Gasteiger partial charge in [-0.15, -0.1) is 22.7 Å². The third-order valence-electron chi connectivity index (χ3n) is 13.0. The van der Waals surface area contributed by atoms with Gasteiger partial charge in [-0.3, -0.25) is 30.2 Å². The Morgan fingerprint density at radius 2 is 1.52 bits per heavy atom. The standard InChI is InChI=1S/C52H51F2N11O2S2/c1-61(2)45-19-26-65(43-15-14-37(53)29-39(43)54)48(45)42-33-69-52(58-42)59-49(66)46-13-7-24-62(46)30-35-18-22-56-40(27-35)36-28-47(63(31-36)23-6-9-34-16-20-55-21-17-34)50(67)60-51-57-41(32-68-51)44-12-8-25-64(44)38-10-4-3-5-11-38/h3-5,7,10-11,13-18,20-22,24,27-29,31-33,44-45,48H,6,8-9,12,19,23,25-26,30H2,1-2H3,(H,57,60,67)(H,58,59,66)/t44-,45+,48-/m0/s1. The number of aryl methyl sites for hydroxylation is 2. The first-order chi connectivity index (χ1) is 33.6. The van der Waals surface area contributed by atoms with Crippen LogP contribution in [-0.4, -0.2) is 79.0 Å². The number of carbonyl (C=O) groups excluding carboxylic acids is 2. The van der Waals surface area contributed by atoms with Crippen molar-refractivity contribution in [3.63, 3.8) is 0 Å². The van der Waals surface area contributed by atoms with Crippen molar-refractivity contribution in [2.24, 2.45) is 0 Å². The van der Waals surface area contributed by atoms with Crippen LogP contribution in [0, 0.1) is 11.6 Å². The predicted octanol–water partition coefficient (Wildman–Crippen LogP) is 10.3. The second-order valence-corrected chi connectivity index (χ2v) is 19.4. The van der Waals surface area contributed by atoms with Crippen LogP contribution >= 0.6 is 22.7 Å². The second-order valence-electron chi connectivity index (χ2n) is 17.6. The van der Waals surface area contributed by atoms with Gasteiger partial charge in [-0.25, -0.2) is 18.7 Å². The largest absolute Gasteiger partial charge is 0.363 e. The zero-order chi connectivity index (χ0) is 47.4. The lowest BCUT2D eigenvalue weighted by Gasteiger charge is -2.31. The van der Waals surface area contributed by atoms with E-state index in [1.807, 2.05) is 88.4 Å². The molecule has 2 N–H and O–H groups in total. The van der Waals surface area contributed by atoms with Crippen molar-refractivity contribution in [1.82, 2.24) is 34.0 Å². The fourth-order valence-electron chi connectivity index (χ4n) is 9.67. The third-order valence-corrected chi connectivity index (χ3v) is 14.5. The normalized spacial score (nSPS) is 17.0. The van der Waals surface area contributed by atoms with Crippen molar-refractivity contribution in [2.45, 2.75) is 63.3 Å². The summed E-state index contributed by atoms with van der Waals surface area (Å²) < 4.78 is 32.8. The van der Waals surface area contributed by atoms with E-state index in [0.29, 0.717) is 58.4 Å². The van der Waals surface area contributed by atoms with Crippen LogP contribution in [0.25, 0.3) is 11.3 Å². The summed E-state index contributed by atoms with van der Waals surface area (Å²) in [6.45, 7) is 2.51. The number of carbonyl (C=O) groups is 2. The van der Waals surface area contributed by atoms with Gasteiger partial charge in [0.1, 0.15) is 23.0 Å². The quantitative estimate of drug-likeness (QED) is 0.0972. The minimum Gasteiger partial charge on any atom is -0.363 e. The summed E-state index contributed by atoms with van der Waals surface area (Å²) in [6, 6.07) is 27.3. The molecule has 3 atom stereocenters. The highest BCUT2D eigenvalue weighted by molar-refractivity contribution is 7.14. The Hall–Kier alpha value is -7.08. The summed E-state index contributed by atoms with van der Waals surface area (Å²) >= 11 is 2.75. The summed E-state index contributed by atoms with van der Waals surface area (Å²) in [5.74, 6) is -1.82. The highest BCUT2D eigenvalue weighted by Crippen LogP contribution is 2.41. The maximum absolute atomic E-state index is 15.0. The van der Waals surface area contributed by atoms with Crippen molar-refractivity contribution < 1.29 is 18.4 Å². The molecule has 8 aromatic rings. The first-order valence-electron chi connectivity index (χ1n) is 23.1. The van der Waals surface area contributed by atoms with E-state index in [1.165, 1.54) is 46.1 Å². The molecular formula is C52H51F2N11O2S2. The van der Waals surface area contributed by atoms with Crippen LogP contribution < -0.4 is 20.4 Å². The molecule has 0 bridgehead atoms.